The average Bonchev–Trinajstić information content (AvgIpc) is 2.49. The van der Waals surface area contributed by atoms with Gasteiger partial charge in [0.25, 0.3) is 0 Å². The number of hydrogen-bond donors (Lipinski definition) is 0. The van der Waals surface area contributed by atoms with Crippen LogP contribution in [-0.2, 0) is 0 Å². The van der Waals surface area contributed by atoms with Crippen molar-refractivity contribution < 1.29 is 9.47 Å². The van der Waals surface area contributed by atoms with E-state index in [1.165, 1.54) is 9.75 Å². The molecule has 1 aliphatic rings. The first-order valence-electron chi connectivity index (χ1n) is 5.09. The average molecular weight is 370 g/mol. The van der Waals surface area contributed by atoms with Gasteiger partial charge >= 0.3 is 0 Å². The number of aryl methyl sites for hydroxylation is 2. The van der Waals surface area contributed by atoms with Gasteiger partial charge in [0.1, 0.15) is 0 Å². The van der Waals surface area contributed by atoms with E-state index in [1.807, 2.05) is 0 Å². The summed E-state index contributed by atoms with van der Waals surface area (Å²) in [5, 5.41) is 1.74. The normalized spacial score (nSPS) is 18.2. The summed E-state index contributed by atoms with van der Waals surface area (Å²) >= 11 is 8.83. The van der Waals surface area contributed by atoms with Crippen molar-refractivity contribution in [1.29, 1.82) is 0 Å². The van der Waals surface area contributed by atoms with Gasteiger partial charge in [-0.25, -0.2) is 0 Å². The lowest BCUT2D eigenvalue weighted by molar-refractivity contribution is 0.150. The van der Waals surface area contributed by atoms with E-state index in [-0.39, 0.29) is 5.41 Å². The molecule has 5 heteroatoms. The van der Waals surface area contributed by atoms with Crippen LogP contribution in [0.25, 0.3) is 0 Å². The van der Waals surface area contributed by atoms with Gasteiger partial charge in [-0.2, -0.15) is 0 Å². The largest absolute Gasteiger partial charge is 0.488 e. The van der Waals surface area contributed by atoms with Crippen LogP contribution in [0, 0.1) is 19.3 Å². The molecule has 1 aromatic heterocycles. The van der Waals surface area contributed by atoms with Crippen LogP contribution in [0.2, 0.25) is 0 Å². The molecule has 0 atom stereocenters. The van der Waals surface area contributed by atoms with Crippen LogP contribution in [0.15, 0.2) is 0 Å². The highest BCUT2D eigenvalue weighted by atomic mass is 79.9. The lowest BCUT2D eigenvalue weighted by Gasteiger charge is -2.26. The molecule has 0 bridgehead atoms. The zero-order valence-electron chi connectivity index (χ0n) is 9.31. The van der Waals surface area contributed by atoms with Gasteiger partial charge in [0.15, 0.2) is 11.5 Å². The molecule has 0 amide bonds. The number of hydrogen-bond acceptors (Lipinski definition) is 3. The number of fused-ring (bicyclic) bond motifs is 1. The molecule has 1 aliphatic heterocycles. The van der Waals surface area contributed by atoms with Gasteiger partial charge < -0.3 is 9.47 Å². The fourth-order valence-electron chi connectivity index (χ4n) is 1.66. The molecule has 1 aromatic rings. The zero-order valence-corrected chi connectivity index (χ0v) is 13.3. The Balaban J connectivity index is 2.28. The number of ether oxygens (including phenoxy) is 2. The van der Waals surface area contributed by atoms with E-state index >= 15 is 0 Å². The van der Waals surface area contributed by atoms with Gasteiger partial charge in [-0.05, 0) is 13.8 Å². The fourth-order valence-corrected chi connectivity index (χ4v) is 4.18. The minimum atomic E-state index is 0.0234. The predicted octanol–water partition coefficient (Wildman–Crippen LogP) is 3.91. The molecule has 0 aliphatic carbocycles. The Labute approximate surface area is 117 Å². The monoisotopic (exact) mass is 368 g/mol. The third-order valence-corrected chi connectivity index (χ3v) is 6.13. The summed E-state index contributed by atoms with van der Waals surface area (Å²) in [6.07, 6.45) is 0. The number of alkyl halides is 2. The lowest BCUT2D eigenvalue weighted by atomic mass is 9.96. The van der Waals surface area contributed by atoms with E-state index in [9.17, 15) is 0 Å². The van der Waals surface area contributed by atoms with Crippen LogP contribution >= 0.6 is 43.2 Å². The standard InChI is InChI=1S/C11H14Br2O2S/c1-7-9-10(8(2)16-7)15-6-11(3-12,4-13)5-14-9/h3-6H2,1-2H3. The van der Waals surface area contributed by atoms with E-state index < -0.39 is 0 Å². The molecule has 0 fully saturated rings. The number of halogens is 2. The van der Waals surface area contributed by atoms with E-state index in [4.69, 9.17) is 9.47 Å². The molecule has 0 radical (unpaired) electrons. The van der Waals surface area contributed by atoms with Crippen LogP contribution in [0.1, 0.15) is 9.75 Å². The van der Waals surface area contributed by atoms with Crippen LogP contribution in [0.3, 0.4) is 0 Å². The maximum atomic E-state index is 5.92. The Morgan fingerprint density at radius 2 is 1.50 bits per heavy atom. The van der Waals surface area contributed by atoms with Gasteiger partial charge in [-0.15, -0.1) is 11.3 Å². The summed E-state index contributed by atoms with van der Waals surface area (Å²) in [6.45, 7) is 5.53. The topological polar surface area (TPSA) is 18.5 Å². The van der Waals surface area contributed by atoms with E-state index in [0.717, 1.165) is 22.2 Å². The molecule has 2 heterocycles. The summed E-state index contributed by atoms with van der Waals surface area (Å²) in [5.74, 6) is 1.87. The van der Waals surface area contributed by atoms with Crippen molar-refractivity contribution in [3.63, 3.8) is 0 Å². The molecule has 0 unspecified atom stereocenters. The first-order valence-corrected chi connectivity index (χ1v) is 8.15. The Morgan fingerprint density at radius 3 is 1.88 bits per heavy atom. The quantitative estimate of drug-likeness (QED) is 0.735. The zero-order chi connectivity index (χ0) is 11.8. The molecule has 2 rings (SSSR count). The first kappa shape index (κ1) is 12.7. The molecule has 0 saturated heterocycles. The second-order valence-electron chi connectivity index (χ2n) is 4.22. The summed E-state index contributed by atoms with van der Waals surface area (Å²) in [7, 11) is 0. The summed E-state index contributed by atoms with van der Waals surface area (Å²) in [4.78, 5) is 2.40. The molecule has 0 saturated carbocycles. The van der Waals surface area contributed by atoms with Gasteiger partial charge in [0.05, 0.1) is 18.6 Å². The minimum absolute atomic E-state index is 0.0234. The van der Waals surface area contributed by atoms with Gasteiger partial charge in [-0.1, -0.05) is 31.9 Å². The first-order chi connectivity index (χ1) is 7.62. The Morgan fingerprint density at radius 1 is 1.06 bits per heavy atom. The molecule has 90 valence electrons. The Bertz CT molecular complexity index is 355. The number of rotatable bonds is 2. The Kier molecular flexibility index (Phi) is 3.86. The fraction of sp³-hybridized carbons (Fsp3) is 0.636. The van der Waals surface area contributed by atoms with E-state index in [0.29, 0.717) is 13.2 Å². The van der Waals surface area contributed by atoms with Crippen LogP contribution in [0.5, 0.6) is 11.5 Å². The minimum Gasteiger partial charge on any atom is -0.488 e. The highest BCUT2D eigenvalue weighted by molar-refractivity contribution is 9.09. The highest BCUT2D eigenvalue weighted by Crippen LogP contribution is 2.44. The second-order valence-corrected chi connectivity index (χ2v) is 6.77. The third-order valence-electron chi connectivity index (χ3n) is 2.76. The smallest absolute Gasteiger partial charge is 0.175 e. The van der Waals surface area contributed by atoms with Gasteiger partial charge in [-0.3, -0.25) is 0 Å². The van der Waals surface area contributed by atoms with Crippen molar-refractivity contribution in [2.75, 3.05) is 23.9 Å². The third kappa shape index (κ3) is 2.14. The van der Waals surface area contributed by atoms with Gasteiger partial charge in [0, 0.05) is 20.4 Å². The SMILES string of the molecule is Cc1sc(C)c2c1OCC(CBr)(CBr)CO2. The van der Waals surface area contributed by atoms with Crippen LogP contribution < -0.4 is 9.47 Å². The van der Waals surface area contributed by atoms with Crippen LogP contribution in [0.4, 0.5) is 0 Å². The summed E-state index contributed by atoms with van der Waals surface area (Å²) < 4.78 is 11.8. The predicted molar refractivity (Wildman–Crippen MR) is 74.8 cm³/mol. The molecular formula is C11H14Br2O2S. The van der Waals surface area contributed by atoms with E-state index in [1.54, 1.807) is 11.3 Å². The van der Waals surface area contributed by atoms with Crippen molar-refractivity contribution >= 4 is 43.2 Å². The molecule has 2 nitrogen and oxygen atoms in total. The van der Waals surface area contributed by atoms with Crippen LogP contribution in [-0.4, -0.2) is 23.9 Å². The highest BCUT2D eigenvalue weighted by Gasteiger charge is 2.34. The lowest BCUT2D eigenvalue weighted by Crippen LogP contribution is -2.36. The Hall–Kier alpha value is 0.260. The maximum Gasteiger partial charge on any atom is 0.175 e. The summed E-state index contributed by atoms with van der Waals surface area (Å²) in [6, 6.07) is 0. The second kappa shape index (κ2) is 4.86. The molecular weight excluding hydrogens is 356 g/mol. The maximum absolute atomic E-state index is 5.92. The molecule has 0 aromatic carbocycles. The van der Waals surface area contributed by atoms with Gasteiger partial charge in [0.2, 0.25) is 0 Å². The molecule has 16 heavy (non-hydrogen) atoms. The molecule has 0 N–H and O–H groups in total. The van der Waals surface area contributed by atoms with Crippen molar-refractivity contribution in [1.82, 2.24) is 0 Å². The van der Waals surface area contributed by atoms with Crippen molar-refractivity contribution in [2.45, 2.75) is 13.8 Å². The van der Waals surface area contributed by atoms with Crippen molar-refractivity contribution in [2.24, 2.45) is 5.41 Å². The van der Waals surface area contributed by atoms with Crippen molar-refractivity contribution in [3.05, 3.63) is 9.75 Å². The molecule has 0 spiro atoms. The summed E-state index contributed by atoms with van der Waals surface area (Å²) in [5.41, 5.74) is 0.0234. The number of thiophene rings is 1. The van der Waals surface area contributed by atoms with E-state index in [2.05, 4.69) is 45.7 Å². The van der Waals surface area contributed by atoms with Crippen molar-refractivity contribution in [3.8, 4) is 11.5 Å².